The topological polar surface area (TPSA) is 50.8 Å². The number of carbonyl (C=O) groups excluding carboxylic acids is 1. The highest BCUT2D eigenvalue weighted by Crippen LogP contribution is 2.30. The summed E-state index contributed by atoms with van der Waals surface area (Å²) >= 11 is 0. The zero-order chi connectivity index (χ0) is 16.1. The lowest BCUT2D eigenvalue weighted by atomic mass is 9.95. The van der Waals surface area contributed by atoms with Crippen LogP contribution in [0.4, 0.5) is 0 Å². The summed E-state index contributed by atoms with van der Waals surface area (Å²) in [6, 6.07) is 5.69. The highest BCUT2D eigenvalue weighted by molar-refractivity contribution is 5.79. The van der Waals surface area contributed by atoms with Gasteiger partial charge in [0, 0.05) is 5.92 Å². The van der Waals surface area contributed by atoms with Gasteiger partial charge in [0.15, 0.2) is 11.5 Å². The summed E-state index contributed by atoms with van der Waals surface area (Å²) in [7, 11) is 5.33. The molecule has 0 radical (unpaired) electrons. The van der Waals surface area contributed by atoms with Crippen molar-refractivity contribution in [3.63, 3.8) is 0 Å². The van der Waals surface area contributed by atoms with Crippen molar-refractivity contribution in [3.05, 3.63) is 23.8 Å². The number of hydrogen-bond acceptors (Lipinski definition) is 4. The van der Waals surface area contributed by atoms with Crippen LogP contribution in [0.5, 0.6) is 11.5 Å². The van der Waals surface area contributed by atoms with E-state index in [2.05, 4.69) is 17.3 Å². The zero-order valence-electron chi connectivity index (χ0n) is 13.9. The molecular formula is C17H26N2O3. The molecule has 0 spiro atoms. The number of methoxy groups -OCH3 is 2. The van der Waals surface area contributed by atoms with Crippen LogP contribution in [0.15, 0.2) is 18.2 Å². The molecular weight excluding hydrogens is 280 g/mol. The Hall–Kier alpha value is -1.75. The lowest BCUT2D eigenvalue weighted by Gasteiger charge is -2.29. The monoisotopic (exact) mass is 306 g/mol. The third-order valence-corrected chi connectivity index (χ3v) is 4.36. The molecule has 0 bridgehead atoms. The third-order valence-electron chi connectivity index (χ3n) is 4.36. The van der Waals surface area contributed by atoms with Gasteiger partial charge in [0.1, 0.15) is 0 Å². The molecule has 5 heteroatoms. The molecule has 2 rings (SSSR count). The molecule has 1 aliphatic rings. The lowest BCUT2D eigenvalue weighted by Crippen LogP contribution is -2.39. The van der Waals surface area contributed by atoms with E-state index in [4.69, 9.17) is 9.47 Å². The highest BCUT2D eigenvalue weighted by Gasteiger charge is 2.24. The average Bonchev–Trinajstić information content (AvgIpc) is 2.54. The molecule has 1 amide bonds. The first-order valence-electron chi connectivity index (χ1n) is 7.76. The van der Waals surface area contributed by atoms with Crippen LogP contribution in [0.2, 0.25) is 0 Å². The second-order valence-corrected chi connectivity index (χ2v) is 5.92. The van der Waals surface area contributed by atoms with E-state index >= 15 is 0 Å². The number of hydrogen-bond donors (Lipinski definition) is 1. The zero-order valence-corrected chi connectivity index (χ0v) is 13.9. The van der Waals surface area contributed by atoms with Crippen molar-refractivity contribution in [3.8, 4) is 11.5 Å². The number of likely N-dealkylation sites (tertiary alicyclic amines) is 1. The molecule has 1 N–H and O–H groups in total. The van der Waals surface area contributed by atoms with E-state index in [0.29, 0.717) is 11.5 Å². The Morgan fingerprint density at radius 3 is 2.45 bits per heavy atom. The van der Waals surface area contributed by atoms with E-state index < -0.39 is 0 Å². The Morgan fingerprint density at radius 2 is 1.86 bits per heavy atom. The van der Waals surface area contributed by atoms with Crippen molar-refractivity contribution in [2.24, 2.45) is 5.92 Å². The van der Waals surface area contributed by atoms with E-state index in [0.717, 1.165) is 31.5 Å². The van der Waals surface area contributed by atoms with Gasteiger partial charge in [-0.25, -0.2) is 0 Å². The predicted molar refractivity (Wildman–Crippen MR) is 86.3 cm³/mol. The van der Waals surface area contributed by atoms with Crippen LogP contribution < -0.4 is 14.8 Å². The molecule has 1 atom stereocenters. The number of benzene rings is 1. The summed E-state index contributed by atoms with van der Waals surface area (Å²) in [4.78, 5) is 14.6. The molecule has 22 heavy (non-hydrogen) atoms. The van der Waals surface area contributed by atoms with Crippen LogP contribution in [-0.4, -0.2) is 45.2 Å². The molecule has 0 saturated carbocycles. The Kier molecular flexibility index (Phi) is 5.66. The normalized spacial score (nSPS) is 17.8. The van der Waals surface area contributed by atoms with Gasteiger partial charge in [0.25, 0.3) is 0 Å². The van der Waals surface area contributed by atoms with Crippen LogP contribution in [0, 0.1) is 5.92 Å². The van der Waals surface area contributed by atoms with Gasteiger partial charge in [0.05, 0.1) is 20.3 Å². The van der Waals surface area contributed by atoms with Crippen LogP contribution in [0.3, 0.4) is 0 Å². The fraction of sp³-hybridized carbons (Fsp3) is 0.588. The molecule has 1 saturated heterocycles. The maximum absolute atomic E-state index is 12.4. The number of piperidine rings is 1. The SMILES string of the molecule is COc1ccc([C@H](C)NC(=O)C2CCN(C)CC2)cc1OC. The van der Waals surface area contributed by atoms with E-state index in [-0.39, 0.29) is 17.9 Å². The van der Waals surface area contributed by atoms with Crippen LogP contribution >= 0.6 is 0 Å². The fourth-order valence-electron chi connectivity index (χ4n) is 2.81. The Balaban J connectivity index is 1.99. The molecule has 1 aromatic carbocycles. The first-order chi connectivity index (χ1) is 10.5. The van der Waals surface area contributed by atoms with Crippen molar-refractivity contribution in [2.45, 2.75) is 25.8 Å². The van der Waals surface area contributed by atoms with Gasteiger partial charge in [-0.3, -0.25) is 4.79 Å². The standard InChI is InChI=1S/C17H26N2O3/c1-12(14-5-6-15(21-3)16(11-14)22-4)18-17(20)13-7-9-19(2)10-8-13/h5-6,11-13H,7-10H2,1-4H3,(H,18,20)/t12-/m0/s1. The van der Waals surface area contributed by atoms with Gasteiger partial charge in [-0.05, 0) is 57.6 Å². The largest absolute Gasteiger partial charge is 0.493 e. The lowest BCUT2D eigenvalue weighted by molar-refractivity contribution is -0.127. The molecule has 0 aliphatic carbocycles. The van der Waals surface area contributed by atoms with Gasteiger partial charge in [-0.15, -0.1) is 0 Å². The summed E-state index contributed by atoms with van der Waals surface area (Å²) in [6.07, 6.45) is 1.86. The van der Waals surface area contributed by atoms with Crippen LogP contribution in [0.1, 0.15) is 31.4 Å². The average molecular weight is 306 g/mol. The van der Waals surface area contributed by atoms with Gasteiger partial charge in [-0.1, -0.05) is 6.07 Å². The van der Waals surface area contributed by atoms with Gasteiger partial charge >= 0.3 is 0 Å². The molecule has 0 unspecified atom stereocenters. The summed E-state index contributed by atoms with van der Waals surface area (Å²) < 4.78 is 10.6. The number of amides is 1. The van der Waals surface area contributed by atoms with E-state index in [1.54, 1.807) is 14.2 Å². The molecule has 122 valence electrons. The van der Waals surface area contributed by atoms with Gasteiger partial charge in [0.2, 0.25) is 5.91 Å². The molecule has 1 aliphatic heterocycles. The number of ether oxygens (including phenoxy) is 2. The van der Waals surface area contributed by atoms with Crippen LogP contribution in [-0.2, 0) is 4.79 Å². The minimum Gasteiger partial charge on any atom is -0.493 e. The third kappa shape index (κ3) is 3.91. The first kappa shape index (κ1) is 16.6. The predicted octanol–water partition coefficient (Wildman–Crippen LogP) is 2.22. The van der Waals surface area contributed by atoms with Crippen molar-refractivity contribution in [2.75, 3.05) is 34.4 Å². The maximum atomic E-state index is 12.4. The van der Waals surface area contributed by atoms with E-state index in [9.17, 15) is 4.79 Å². The minimum atomic E-state index is -0.0491. The maximum Gasteiger partial charge on any atom is 0.223 e. The fourth-order valence-corrected chi connectivity index (χ4v) is 2.81. The van der Waals surface area contributed by atoms with Crippen molar-refractivity contribution in [1.82, 2.24) is 10.2 Å². The Morgan fingerprint density at radius 1 is 1.23 bits per heavy atom. The quantitative estimate of drug-likeness (QED) is 0.906. The summed E-state index contributed by atoms with van der Waals surface area (Å²) in [6.45, 7) is 3.97. The minimum absolute atomic E-state index is 0.0491. The second-order valence-electron chi connectivity index (χ2n) is 5.92. The molecule has 1 fully saturated rings. The Labute approximate surface area is 132 Å². The smallest absolute Gasteiger partial charge is 0.223 e. The summed E-state index contributed by atoms with van der Waals surface area (Å²) in [5.41, 5.74) is 1.01. The number of carbonyl (C=O) groups is 1. The van der Waals surface area contributed by atoms with Crippen LogP contribution in [0.25, 0.3) is 0 Å². The van der Waals surface area contributed by atoms with Crippen molar-refractivity contribution in [1.29, 1.82) is 0 Å². The first-order valence-corrected chi connectivity index (χ1v) is 7.76. The molecule has 5 nitrogen and oxygen atoms in total. The molecule has 1 heterocycles. The Bertz CT molecular complexity index is 511. The van der Waals surface area contributed by atoms with Gasteiger partial charge in [-0.2, -0.15) is 0 Å². The van der Waals surface area contributed by atoms with Crippen molar-refractivity contribution < 1.29 is 14.3 Å². The second kappa shape index (κ2) is 7.49. The van der Waals surface area contributed by atoms with Crippen molar-refractivity contribution >= 4 is 5.91 Å². The summed E-state index contributed by atoms with van der Waals surface area (Å²) in [5, 5.41) is 3.12. The number of rotatable bonds is 5. The molecule has 0 aromatic heterocycles. The summed E-state index contributed by atoms with van der Waals surface area (Å²) in [5.74, 6) is 1.65. The highest BCUT2D eigenvalue weighted by atomic mass is 16.5. The van der Waals surface area contributed by atoms with E-state index in [1.165, 1.54) is 0 Å². The van der Waals surface area contributed by atoms with E-state index in [1.807, 2.05) is 25.1 Å². The number of nitrogens with one attached hydrogen (secondary N) is 1. The number of nitrogens with zero attached hydrogens (tertiary/aromatic N) is 1. The molecule has 1 aromatic rings. The van der Waals surface area contributed by atoms with Gasteiger partial charge < -0.3 is 19.7 Å².